The van der Waals surface area contributed by atoms with Gasteiger partial charge >= 0.3 is 0 Å². The van der Waals surface area contributed by atoms with E-state index < -0.39 is 0 Å². The Balaban J connectivity index is 1.64. The number of aryl methyl sites for hydroxylation is 1. The highest BCUT2D eigenvalue weighted by Crippen LogP contribution is 2.49. The maximum absolute atomic E-state index is 11.8. The van der Waals surface area contributed by atoms with E-state index in [0.717, 1.165) is 13.1 Å². The van der Waals surface area contributed by atoms with Gasteiger partial charge in [0.05, 0.1) is 5.92 Å². The summed E-state index contributed by atoms with van der Waals surface area (Å²) in [6.45, 7) is 1.94. The third-order valence-electron chi connectivity index (χ3n) is 5.52. The van der Waals surface area contributed by atoms with Gasteiger partial charge < -0.3 is 14.4 Å². The zero-order chi connectivity index (χ0) is 15.9. The van der Waals surface area contributed by atoms with Crippen LogP contribution in [0.15, 0.2) is 27.6 Å². The smallest absolute Gasteiger partial charge is 0.250 e. The van der Waals surface area contributed by atoms with Gasteiger partial charge in [-0.25, -0.2) is 0 Å². The summed E-state index contributed by atoms with van der Waals surface area (Å²) in [5, 5.41) is 7.63. The molecule has 0 radical (unpaired) electrons. The Morgan fingerprint density at radius 3 is 2.96 bits per heavy atom. The van der Waals surface area contributed by atoms with Crippen molar-refractivity contribution in [3.05, 3.63) is 34.6 Å². The first kappa shape index (κ1) is 14.6. The molecular formula is C17H22N4O2. The highest BCUT2D eigenvalue weighted by atomic mass is 16.5. The van der Waals surface area contributed by atoms with Gasteiger partial charge in [0.25, 0.3) is 5.56 Å². The summed E-state index contributed by atoms with van der Waals surface area (Å²) in [6, 6.07) is 3.40. The van der Waals surface area contributed by atoms with Crippen molar-refractivity contribution < 1.29 is 4.52 Å². The summed E-state index contributed by atoms with van der Waals surface area (Å²) in [7, 11) is 1.73. The molecule has 6 heteroatoms. The van der Waals surface area contributed by atoms with Crippen LogP contribution in [0.1, 0.15) is 43.9 Å². The summed E-state index contributed by atoms with van der Waals surface area (Å²) in [4.78, 5) is 16.4. The van der Waals surface area contributed by atoms with Crippen LogP contribution in [0.4, 0.5) is 0 Å². The van der Waals surface area contributed by atoms with Gasteiger partial charge in [0.2, 0.25) is 11.7 Å². The van der Waals surface area contributed by atoms with Gasteiger partial charge in [-0.3, -0.25) is 4.79 Å². The molecule has 2 aromatic heterocycles. The van der Waals surface area contributed by atoms with Gasteiger partial charge in [0.1, 0.15) is 0 Å². The molecule has 1 N–H and O–H groups in total. The maximum atomic E-state index is 11.8. The van der Waals surface area contributed by atoms with E-state index in [2.05, 4.69) is 15.5 Å². The molecule has 3 heterocycles. The SMILES string of the molecule is Cn1ccc(-c2noc(C3CNCC34CCCCC4)n2)cc1=O. The second kappa shape index (κ2) is 5.60. The van der Waals surface area contributed by atoms with E-state index >= 15 is 0 Å². The van der Waals surface area contributed by atoms with E-state index in [0.29, 0.717) is 17.3 Å². The fourth-order valence-electron chi connectivity index (χ4n) is 4.12. The molecule has 6 nitrogen and oxygen atoms in total. The zero-order valence-electron chi connectivity index (χ0n) is 13.4. The third kappa shape index (κ3) is 2.51. The quantitative estimate of drug-likeness (QED) is 0.918. The van der Waals surface area contributed by atoms with Crippen LogP contribution in [0.2, 0.25) is 0 Å². The first-order chi connectivity index (χ1) is 11.2. The maximum Gasteiger partial charge on any atom is 0.250 e. The number of hydrogen-bond donors (Lipinski definition) is 1. The van der Waals surface area contributed by atoms with Crippen molar-refractivity contribution in [3.8, 4) is 11.4 Å². The Morgan fingerprint density at radius 2 is 2.17 bits per heavy atom. The molecule has 1 atom stereocenters. The van der Waals surface area contributed by atoms with E-state index in [4.69, 9.17) is 4.52 Å². The van der Waals surface area contributed by atoms with Gasteiger partial charge in [-0.15, -0.1) is 0 Å². The van der Waals surface area contributed by atoms with Crippen LogP contribution in [-0.2, 0) is 7.05 Å². The van der Waals surface area contributed by atoms with E-state index in [1.165, 1.54) is 36.7 Å². The Bertz CT molecular complexity index is 758. The molecule has 1 saturated heterocycles. The lowest BCUT2D eigenvalue weighted by atomic mass is 9.67. The van der Waals surface area contributed by atoms with Gasteiger partial charge in [-0.1, -0.05) is 24.4 Å². The highest BCUT2D eigenvalue weighted by Gasteiger charge is 2.46. The van der Waals surface area contributed by atoms with Gasteiger partial charge in [-0.2, -0.15) is 4.98 Å². The molecule has 2 fully saturated rings. The van der Waals surface area contributed by atoms with Crippen LogP contribution in [0.25, 0.3) is 11.4 Å². The zero-order valence-corrected chi connectivity index (χ0v) is 13.4. The van der Waals surface area contributed by atoms with Gasteiger partial charge in [-0.05, 0) is 24.3 Å². The van der Waals surface area contributed by atoms with Crippen molar-refractivity contribution in [1.82, 2.24) is 20.0 Å². The van der Waals surface area contributed by atoms with Gasteiger partial charge in [0.15, 0.2) is 0 Å². The number of pyridine rings is 1. The first-order valence-corrected chi connectivity index (χ1v) is 8.39. The van der Waals surface area contributed by atoms with Crippen molar-refractivity contribution in [2.24, 2.45) is 12.5 Å². The molecular weight excluding hydrogens is 292 g/mol. The predicted octanol–water partition coefficient (Wildman–Crippen LogP) is 2.07. The fourth-order valence-corrected chi connectivity index (χ4v) is 4.12. The van der Waals surface area contributed by atoms with Crippen LogP contribution < -0.4 is 10.9 Å². The van der Waals surface area contributed by atoms with Crippen LogP contribution in [0, 0.1) is 5.41 Å². The van der Waals surface area contributed by atoms with E-state index in [1.807, 2.05) is 6.07 Å². The summed E-state index contributed by atoms with van der Waals surface area (Å²) in [5.41, 5.74) is 0.918. The van der Waals surface area contributed by atoms with Crippen molar-refractivity contribution >= 4 is 0 Å². The molecule has 1 aliphatic heterocycles. The largest absolute Gasteiger partial charge is 0.339 e. The lowest BCUT2D eigenvalue weighted by Crippen LogP contribution is -2.31. The molecule has 0 amide bonds. The minimum Gasteiger partial charge on any atom is -0.339 e. The van der Waals surface area contributed by atoms with Crippen LogP contribution in [-0.4, -0.2) is 27.8 Å². The molecule has 4 rings (SSSR count). The van der Waals surface area contributed by atoms with Crippen LogP contribution in [0.5, 0.6) is 0 Å². The molecule has 122 valence electrons. The molecule has 2 aliphatic rings. The van der Waals surface area contributed by atoms with Crippen molar-refractivity contribution in [1.29, 1.82) is 0 Å². The standard InChI is InChI=1S/C17H22N4O2/c1-21-8-5-12(9-14(21)22)15-19-16(23-20-15)13-10-18-11-17(13)6-3-2-4-7-17/h5,8-9,13,18H,2-4,6-7,10-11H2,1H3. The Labute approximate surface area is 134 Å². The lowest BCUT2D eigenvalue weighted by Gasteiger charge is -2.36. The second-order valence-electron chi connectivity index (χ2n) is 6.93. The third-order valence-corrected chi connectivity index (χ3v) is 5.52. The first-order valence-electron chi connectivity index (χ1n) is 8.39. The summed E-state index contributed by atoms with van der Waals surface area (Å²) < 4.78 is 7.12. The molecule has 23 heavy (non-hydrogen) atoms. The fraction of sp³-hybridized carbons (Fsp3) is 0.588. The Hall–Kier alpha value is -1.95. The summed E-state index contributed by atoms with van der Waals surface area (Å²) in [5.74, 6) is 1.51. The highest BCUT2D eigenvalue weighted by molar-refractivity contribution is 5.52. The molecule has 0 aromatic carbocycles. The summed E-state index contributed by atoms with van der Waals surface area (Å²) in [6.07, 6.45) is 8.09. The average molecular weight is 314 g/mol. The number of nitrogens with one attached hydrogen (secondary N) is 1. The van der Waals surface area contributed by atoms with Crippen molar-refractivity contribution in [3.63, 3.8) is 0 Å². The minimum atomic E-state index is -0.0693. The predicted molar refractivity (Wildman–Crippen MR) is 86.1 cm³/mol. The molecule has 1 aliphatic carbocycles. The van der Waals surface area contributed by atoms with Gasteiger partial charge in [0, 0.05) is 38.0 Å². The monoisotopic (exact) mass is 314 g/mol. The number of nitrogens with zero attached hydrogens (tertiary/aromatic N) is 3. The lowest BCUT2D eigenvalue weighted by molar-refractivity contribution is 0.165. The van der Waals surface area contributed by atoms with Crippen LogP contribution in [0.3, 0.4) is 0 Å². The Morgan fingerprint density at radius 1 is 1.35 bits per heavy atom. The normalized spacial score (nSPS) is 23.4. The molecule has 0 bridgehead atoms. The molecule has 1 saturated carbocycles. The topological polar surface area (TPSA) is 73.0 Å². The number of aromatic nitrogens is 3. The number of rotatable bonds is 2. The number of hydrogen-bond acceptors (Lipinski definition) is 5. The minimum absolute atomic E-state index is 0.0693. The molecule has 1 unspecified atom stereocenters. The van der Waals surface area contributed by atoms with E-state index in [-0.39, 0.29) is 16.9 Å². The Kier molecular flexibility index (Phi) is 3.56. The molecule has 2 aromatic rings. The van der Waals surface area contributed by atoms with Crippen molar-refractivity contribution in [2.45, 2.75) is 38.0 Å². The van der Waals surface area contributed by atoms with E-state index in [1.54, 1.807) is 19.3 Å². The van der Waals surface area contributed by atoms with Crippen LogP contribution >= 0.6 is 0 Å². The van der Waals surface area contributed by atoms with E-state index in [9.17, 15) is 4.79 Å². The summed E-state index contributed by atoms with van der Waals surface area (Å²) >= 11 is 0. The van der Waals surface area contributed by atoms with Crippen molar-refractivity contribution in [2.75, 3.05) is 13.1 Å². The molecule has 1 spiro atoms. The second-order valence-corrected chi connectivity index (χ2v) is 6.93. The average Bonchev–Trinajstić information content (AvgIpc) is 3.18.